The Bertz CT molecular complexity index is 563. The first-order valence-corrected chi connectivity index (χ1v) is 6.60. The van der Waals surface area contributed by atoms with E-state index in [1.807, 2.05) is 31.2 Å². The molecular formula is C13H14BrN3O2. The zero-order valence-corrected chi connectivity index (χ0v) is 12.3. The fourth-order valence-corrected chi connectivity index (χ4v) is 1.91. The summed E-state index contributed by atoms with van der Waals surface area (Å²) in [4.78, 5) is 8.23. The highest BCUT2D eigenvalue weighted by Crippen LogP contribution is 2.36. The molecule has 0 aliphatic carbocycles. The van der Waals surface area contributed by atoms with E-state index in [0.29, 0.717) is 23.2 Å². The van der Waals surface area contributed by atoms with Crippen LogP contribution in [0.5, 0.6) is 17.4 Å². The number of anilines is 1. The summed E-state index contributed by atoms with van der Waals surface area (Å²) in [5, 5.41) is 3.10. The predicted molar refractivity (Wildman–Crippen MR) is 77.0 cm³/mol. The van der Waals surface area contributed by atoms with E-state index in [-0.39, 0.29) is 0 Å². The standard InChI is InChI=1S/C13H14BrN3O2/c1-3-15-12-11(18-2)13(17-8-16-12)19-10-7-5-4-6-9(10)14/h4-8H,3H2,1-2H3,(H,15,16,17). The monoisotopic (exact) mass is 323 g/mol. The Balaban J connectivity index is 2.35. The van der Waals surface area contributed by atoms with Gasteiger partial charge >= 0.3 is 0 Å². The fourth-order valence-electron chi connectivity index (χ4n) is 1.54. The minimum absolute atomic E-state index is 0.375. The summed E-state index contributed by atoms with van der Waals surface area (Å²) in [6, 6.07) is 7.55. The van der Waals surface area contributed by atoms with Gasteiger partial charge in [-0.2, -0.15) is 4.98 Å². The van der Waals surface area contributed by atoms with E-state index < -0.39 is 0 Å². The highest BCUT2D eigenvalue weighted by Gasteiger charge is 2.14. The second-order valence-electron chi connectivity index (χ2n) is 3.62. The molecule has 0 saturated heterocycles. The lowest BCUT2D eigenvalue weighted by molar-refractivity contribution is 0.368. The van der Waals surface area contributed by atoms with Crippen molar-refractivity contribution in [3.05, 3.63) is 35.1 Å². The van der Waals surface area contributed by atoms with Crippen LogP contribution in [-0.4, -0.2) is 23.6 Å². The third kappa shape index (κ3) is 3.14. The molecule has 0 saturated carbocycles. The summed E-state index contributed by atoms with van der Waals surface area (Å²) in [5.74, 6) is 2.14. The predicted octanol–water partition coefficient (Wildman–Crippen LogP) is 3.47. The molecule has 0 amide bonds. The van der Waals surface area contributed by atoms with E-state index in [1.165, 1.54) is 6.33 Å². The van der Waals surface area contributed by atoms with Crippen molar-refractivity contribution in [3.63, 3.8) is 0 Å². The van der Waals surface area contributed by atoms with Gasteiger partial charge in [0.25, 0.3) is 5.88 Å². The zero-order chi connectivity index (χ0) is 13.7. The Labute approximate surface area is 120 Å². The highest BCUT2D eigenvalue weighted by molar-refractivity contribution is 9.10. The van der Waals surface area contributed by atoms with Gasteiger partial charge in [-0.05, 0) is 35.0 Å². The molecule has 1 aromatic heterocycles. The Morgan fingerprint density at radius 2 is 2.05 bits per heavy atom. The summed E-state index contributed by atoms with van der Waals surface area (Å²) < 4.78 is 11.9. The molecule has 0 bridgehead atoms. The lowest BCUT2D eigenvalue weighted by atomic mass is 10.3. The molecular weight excluding hydrogens is 310 g/mol. The molecule has 0 spiro atoms. The Hall–Kier alpha value is -1.82. The molecule has 19 heavy (non-hydrogen) atoms. The molecule has 0 unspecified atom stereocenters. The van der Waals surface area contributed by atoms with E-state index in [9.17, 15) is 0 Å². The first-order chi connectivity index (χ1) is 9.26. The normalized spacial score (nSPS) is 10.1. The van der Waals surface area contributed by atoms with Crippen molar-refractivity contribution in [1.82, 2.24) is 9.97 Å². The summed E-state index contributed by atoms with van der Waals surface area (Å²) >= 11 is 3.42. The van der Waals surface area contributed by atoms with E-state index in [2.05, 4.69) is 31.2 Å². The van der Waals surface area contributed by atoms with Crippen molar-refractivity contribution >= 4 is 21.7 Å². The smallest absolute Gasteiger partial charge is 0.268 e. The molecule has 0 fully saturated rings. The van der Waals surface area contributed by atoms with Crippen LogP contribution in [0.2, 0.25) is 0 Å². The largest absolute Gasteiger partial charge is 0.489 e. The maximum absolute atomic E-state index is 5.76. The van der Waals surface area contributed by atoms with Crippen LogP contribution in [0.25, 0.3) is 0 Å². The summed E-state index contributed by atoms with van der Waals surface area (Å²) in [7, 11) is 1.56. The van der Waals surface area contributed by atoms with Crippen molar-refractivity contribution in [2.45, 2.75) is 6.92 Å². The molecule has 0 aliphatic heterocycles. The van der Waals surface area contributed by atoms with Crippen LogP contribution in [0, 0.1) is 0 Å². The average Bonchev–Trinajstić information content (AvgIpc) is 2.42. The number of para-hydroxylation sites is 1. The van der Waals surface area contributed by atoms with Gasteiger partial charge in [-0.1, -0.05) is 12.1 Å². The Morgan fingerprint density at radius 1 is 1.26 bits per heavy atom. The number of halogens is 1. The number of ether oxygens (including phenoxy) is 2. The summed E-state index contributed by atoms with van der Waals surface area (Å²) in [6.45, 7) is 2.72. The van der Waals surface area contributed by atoms with E-state index in [4.69, 9.17) is 9.47 Å². The Kier molecular flexibility index (Phi) is 4.57. The van der Waals surface area contributed by atoms with Gasteiger partial charge in [0.2, 0.25) is 5.75 Å². The quantitative estimate of drug-likeness (QED) is 0.913. The minimum atomic E-state index is 0.375. The highest BCUT2D eigenvalue weighted by atomic mass is 79.9. The zero-order valence-electron chi connectivity index (χ0n) is 10.7. The number of methoxy groups -OCH3 is 1. The molecule has 0 atom stereocenters. The van der Waals surface area contributed by atoms with Crippen molar-refractivity contribution in [1.29, 1.82) is 0 Å². The first kappa shape index (κ1) is 13.6. The minimum Gasteiger partial charge on any atom is -0.489 e. The van der Waals surface area contributed by atoms with Crippen molar-refractivity contribution in [3.8, 4) is 17.4 Å². The van der Waals surface area contributed by atoms with Gasteiger partial charge in [-0.3, -0.25) is 0 Å². The molecule has 1 N–H and O–H groups in total. The summed E-state index contributed by atoms with van der Waals surface area (Å²) in [5.41, 5.74) is 0. The van der Waals surface area contributed by atoms with Crippen LogP contribution >= 0.6 is 15.9 Å². The molecule has 0 radical (unpaired) electrons. The van der Waals surface area contributed by atoms with Crippen LogP contribution in [0.3, 0.4) is 0 Å². The van der Waals surface area contributed by atoms with Gasteiger partial charge in [-0.15, -0.1) is 0 Å². The number of nitrogens with zero attached hydrogens (tertiary/aromatic N) is 2. The van der Waals surface area contributed by atoms with E-state index in [1.54, 1.807) is 7.11 Å². The molecule has 6 heteroatoms. The van der Waals surface area contributed by atoms with Gasteiger partial charge in [0.05, 0.1) is 11.6 Å². The average molecular weight is 324 g/mol. The van der Waals surface area contributed by atoms with Crippen molar-refractivity contribution in [2.75, 3.05) is 19.0 Å². The van der Waals surface area contributed by atoms with Crippen LogP contribution in [0.4, 0.5) is 5.82 Å². The van der Waals surface area contributed by atoms with Crippen LogP contribution < -0.4 is 14.8 Å². The number of hydrogen-bond acceptors (Lipinski definition) is 5. The topological polar surface area (TPSA) is 56.3 Å². The first-order valence-electron chi connectivity index (χ1n) is 5.81. The second-order valence-corrected chi connectivity index (χ2v) is 4.48. The number of benzene rings is 1. The summed E-state index contributed by atoms with van der Waals surface area (Å²) in [6.07, 6.45) is 1.44. The number of nitrogens with one attached hydrogen (secondary N) is 1. The lowest BCUT2D eigenvalue weighted by Crippen LogP contribution is -2.04. The van der Waals surface area contributed by atoms with Gasteiger partial charge in [-0.25, -0.2) is 4.98 Å². The van der Waals surface area contributed by atoms with Crippen LogP contribution in [0.15, 0.2) is 35.1 Å². The van der Waals surface area contributed by atoms with E-state index in [0.717, 1.165) is 11.0 Å². The Morgan fingerprint density at radius 3 is 2.74 bits per heavy atom. The van der Waals surface area contributed by atoms with Crippen LogP contribution in [-0.2, 0) is 0 Å². The molecule has 1 heterocycles. The van der Waals surface area contributed by atoms with E-state index >= 15 is 0 Å². The van der Waals surface area contributed by atoms with Crippen molar-refractivity contribution in [2.24, 2.45) is 0 Å². The van der Waals surface area contributed by atoms with Gasteiger partial charge < -0.3 is 14.8 Å². The molecule has 2 rings (SSSR count). The van der Waals surface area contributed by atoms with Gasteiger partial charge in [0, 0.05) is 6.54 Å². The van der Waals surface area contributed by atoms with Crippen molar-refractivity contribution < 1.29 is 9.47 Å². The lowest BCUT2D eigenvalue weighted by Gasteiger charge is -2.13. The molecule has 0 aliphatic rings. The molecule has 1 aromatic carbocycles. The fraction of sp³-hybridized carbons (Fsp3) is 0.231. The number of rotatable bonds is 5. The van der Waals surface area contributed by atoms with Gasteiger partial charge in [0.1, 0.15) is 12.1 Å². The van der Waals surface area contributed by atoms with Crippen LogP contribution in [0.1, 0.15) is 6.92 Å². The van der Waals surface area contributed by atoms with Gasteiger partial charge in [0.15, 0.2) is 5.82 Å². The maximum Gasteiger partial charge on any atom is 0.268 e. The number of aromatic nitrogens is 2. The number of hydrogen-bond donors (Lipinski definition) is 1. The SMILES string of the molecule is CCNc1ncnc(Oc2ccccc2Br)c1OC. The second kappa shape index (κ2) is 6.38. The third-order valence-electron chi connectivity index (χ3n) is 2.36. The third-order valence-corrected chi connectivity index (χ3v) is 3.02. The maximum atomic E-state index is 5.76. The molecule has 2 aromatic rings. The molecule has 5 nitrogen and oxygen atoms in total. The molecule has 100 valence electrons.